The van der Waals surface area contributed by atoms with Gasteiger partial charge in [0.15, 0.2) is 0 Å². The number of aromatic amines is 1. The van der Waals surface area contributed by atoms with E-state index < -0.39 is 0 Å². The predicted octanol–water partition coefficient (Wildman–Crippen LogP) is 4.94. The maximum Gasteiger partial charge on any atom is 0.302 e. The van der Waals surface area contributed by atoms with E-state index in [1.54, 1.807) is 24.2 Å². The SMILES string of the molecule is CC(=O)OCCOC(Cc1ccncc1)c1nc(Sc2ccccc2)c(C(C)C)[nH]1. The van der Waals surface area contributed by atoms with E-state index in [1.165, 1.54) is 6.92 Å². The minimum absolute atomic E-state index is 0.214. The second-order valence-electron chi connectivity index (χ2n) is 7.17. The lowest BCUT2D eigenvalue weighted by atomic mass is 10.1. The van der Waals surface area contributed by atoms with Gasteiger partial charge < -0.3 is 14.5 Å². The number of imidazole rings is 1. The van der Waals surface area contributed by atoms with Crippen molar-refractivity contribution in [2.75, 3.05) is 13.2 Å². The molecule has 0 aliphatic heterocycles. The highest BCUT2D eigenvalue weighted by molar-refractivity contribution is 7.99. The predicted molar refractivity (Wildman–Crippen MR) is 117 cm³/mol. The van der Waals surface area contributed by atoms with Crippen molar-refractivity contribution >= 4 is 17.7 Å². The Morgan fingerprint density at radius 3 is 2.50 bits per heavy atom. The number of pyridine rings is 1. The van der Waals surface area contributed by atoms with E-state index in [0.717, 1.165) is 27.0 Å². The fourth-order valence-corrected chi connectivity index (χ4v) is 4.01. The number of H-pyrrole nitrogens is 1. The molecule has 6 nitrogen and oxygen atoms in total. The van der Waals surface area contributed by atoms with E-state index in [4.69, 9.17) is 14.5 Å². The lowest BCUT2D eigenvalue weighted by Gasteiger charge is -2.16. The molecule has 2 heterocycles. The van der Waals surface area contributed by atoms with Gasteiger partial charge in [-0.05, 0) is 35.7 Å². The van der Waals surface area contributed by atoms with Gasteiger partial charge in [0, 0.05) is 30.6 Å². The van der Waals surface area contributed by atoms with Crippen LogP contribution in [0.2, 0.25) is 0 Å². The van der Waals surface area contributed by atoms with Crippen LogP contribution in [0.15, 0.2) is 64.8 Å². The van der Waals surface area contributed by atoms with Gasteiger partial charge in [0.05, 0.1) is 12.3 Å². The first-order chi connectivity index (χ1) is 14.5. The molecule has 0 fully saturated rings. The van der Waals surface area contributed by atoms with Crippen LogP contribution >= 0.6 is 11.8 Å². The number of nitrogens with one attached hydrogen (secondary N) is 1. The van der Waals surface area contributed by atoms with Crippen LogP contribution in [0.4, 0.5) is 0 Å². The second-order valence-corrected chi connectivity index (χ2v) is 8.23. The summed E-state index contributed by atoms with van der Waals surface area (Å²) < 4.78 is 11.1. The summed E-state index contributed by atoms with van der Waals surface area (Å²) in [7, 11) is 0. The maximum atomic E-state index is 11.0. The molecule has 1 atom stereocenters. The Morgan fingerprint density at radius 2 is 1.83 bits per heavy atom. The number of aromatic nitrogens is 3. The van der Waals surface area contributed by atoms with Crippen LogP contribution in [0.25, 0.3) is 0 Å². The Morgan fingerprint density at radius 1 is 1.10 bits per heavy atom. The molecule has 0 aliphatic carbocycles. The molecule has 3 rings (SSSR count). The third-order valence-corrected chi connectivity index (χ3v) is 5.45. The van der Waals surface area contributed by atoms with Gasteiger partial charge in [0.2, 0.25) is 0 Å². The third-order valence-electron chi connectivity index (χ3n) is 4.43. The van der Waals surface area contributed by atoms with Crippen LogP contribution in [0, 0.1) is 0 Å². The Balaban J connectivity index is 1.83. The molecule has 0 bridgehead atoms. The molecular weight excluding hydrogens is 398 g/mol. The van der Waals surface area contributed by atoms with Crippen LogP contribution in [0.1, 0.15) is 49.9 Å². The molecule has 7 heteroatoms. The molecule has 3 aromatic rings. The summed E-state index contributed by atoms with van der Waals surface area (Å²) in [5, 5.41) is 0.953. The van der Waals surface area contributed by atoms with Gasteiger partial charge >= 0.3 is 5.97 Å². The first kappa shape index (κ1) is 22.1. The lowest BCUT2D eigenvalue weighted by molar-refractivity contribution is -0.143. The summed E-state index contributed by atoms with van der Waals surface area (Å²) in [5.41, 5.74) is 2.18. The molecule has 2 aromatic heterocycles. The summed E-state index contributed by atoms with van der Waals surface area (Å²) in [6, 6.07) is 14.1. The van der Waals surface area contributed by atoms with E-state index >= 15 is 0 Å². The van der Waals surface area contributed by atoms with Gasteiger partial charge in [-0.3, -0.25) is 9.78 Å². The number of rotatable bonds is 10. The van der Waals surface area contributed by atoms with E-state index in [2.05, 4.69) is 35.9 Å². The summed E-state index contributed by atoms with van der Waals surface area (Å²) in [6.45, 7) is 6.19. The minimum atomic E-state index is -0.314. The van der Waals surface area contributed by atoms with Gasteiger partial charge in [-0.25, -0.2) is 4.98 Å². The van der Waals surface area contributed by atoms with Crippen molar-refractivity contribution in [2.24, 2.45) is 0 Å². The smallest absolute Gasteiger partial charge is 0.302 e. The molecule has 1 aromatic carbocycles. The number of ether oxygens (including phenoxy) is 2. The number of benzene rings is 1. The van der Waals surface area contributed by atoms with Crippen molar-refractivity contribution < 1.29 is 14.3 Å². The van der Waals surface area contributed by atoms with Crippen molar-refractivity contribution in [2.45, 2.75) is 49.1 Å². The minimum Gasteiger partial charge on any atom is -0.463 e. The molecule has 0 spiro atoms. The maximum absolute atomic E-state index is 11.0. The molecule has 0 amide bonds. The number of hydrogen-bond donors (Lipinski definition) is 1. The lowest BCUT2D eigenvalue weighted by Crippen LogP contribution is -2.15. The van der Waals surface area contributed by atoms with Crippen LogP contribution in [0.5, 0.6) is 0 Å². The highest BCUT2D eigenvalue weighted by Gasteiger charge is 2.22. The molecule has 0 saturated carbocycles. The monoisotopic (exact) mass is 425 g/mol. The van der Waals surface area contributed by atoms with Gasteiger partial charge in [-0.1, -0.05) is 43.8 Å². The summed E-state index contributed by atoms with van der Waals surface area (Å²) in [5.74, 6) is 0.753. The van der Waals surface area contributed by atoms with Crippen molar-refractivity contribution in [3.8, 4) is 0 Å². The van der Waals surface area contributed by atoms with Gasteiger partial charge in [-0.15, -0.1) is 0 Å². The van der Waals surface area contributed by atoms with Crippen molar-refractivity contribution in [1.29, 1.82) is 0 Å². The summed E-state index contributed by atoms with van der Waals surface area (Å²) >= 11 is 1.64. The van der Waals surface area contributed by atoms with Crippen molar-refractivity contribution in [3.05, 3.63) is 71.9 Å². The number of esters is 1. The summed E-state index contributed by atoms with van der Waals surface area (Å²) in [4.78, 5) is 24.6. The average Bonchev–Trinajstić information content (AvgIpc) is 3.15. The van der Waals surface area contributed by atoms with Crippen molar-refractivity contribution in [1.82, 2.24) is 15.0 Å². The van der Waals surface area contributed by atoms with Gasteiger partial charge in [0.1, 0.15) is 23.6 Å². The van der Waals surface area contributed by atoms with Crippen LogP contribution in [-0.4, -0.2) is 34.1 Å². The molecule has 158 valence electrons. The standard InChI is InChI=1S/C23H27N3O3S/c1-16(2)21-23(30-19-7-5-4-6-8-19)26-22(25-21)20(29-14-13-28-17(3)27)15-18-9-11-24-12-10-18/h4-12,16,20H,13-15H2,1-3H3,(H,25,26). The molecule has 30 heavy (non-hydrogen) atoms. The topological polar surface area (TPSA) is 77.1 Å². The normalized spacial score (nSPS) is 12.1. The number of hydrogen-bond acceptors (Lipinski definition) is 6. The Bertz CT molecular complexity index is 929. The van der Waals surface area contributed by atoms with Crippen LogP contribution in [0.3, 0.4) is 0 Å². The highest BCUT2D eigenvalue weighted by atomic mass is 32.2. The molecular formula is C23H27N3O3S. The molecule has 1 unspecified atom stereocenters. The van der Waals surface area contributed by atoms with Gasteiger partial charge in [0.25, 0.3) is 0 Å². The first-order valence-corrected chi connectivity index (χ1v) is 10.8. The summed E-state index contributed by atoms with van der Waals surface area (Å²) in [6.07, 6.45) is 3.89. The van der Waals surface area contributed by atoms with Crippen LogP contribution < -0.4 is 0 Å². The molecule has 1 N–H and O–H groups in total. The van der Waals surface area contributed by atoms with E-state index in [-0.39, 0.29) is 18.7 Å². The number of nitrogens with zero attached hydrogens (tertiary/aromatic N) is 2. The quantitative estimate of drug-likeness (QED) is 0.366. The average molecular weight is 426 g/mol. The largest absolute Gasteiger partial charge is 0.463 e. The zero-order chi connectivity index (χ0) is 21.3. The molecule has 0 saturated heterocycles. The van der Waals surface area contributed by atoms with E-state index in [1.807, 2.05) is 30.3 Å². The van der Waals surface area contributed by atoms with Crippen molar-refractivity contribution in [3.63, 3.8) is 0 Å². The fourth-order valence-electron chi connectivity index (χ4n) is 2.95. The number of carbonyl (C=O) groups excluding carboxylic acids is 1. The molecule has 0 aliphatic rings. The van der Waals surface area contributed by atoms with Gasteiger partial charge in [-0.2, -0.15) is 0 Å². The first-order valence-electron chi connectivity index (χ1n) is 9.99. The van der Waals surface area contributed by atoms with E-state index in [0.29, 0.717) is 18.9 Å². The highest BCUT2D eigenvalue weighted by Crippen LogP contribution is 2.34. The zero-order valence-corrected chi connectivity index (χ0v) is 18.3. The Kier molecular flexibility index (Phi) is 8.04. The molecule has 0 radical (unpaired) electrons. The van der Waals surface area contributed by atoms with Crippen LogP contribution in [-0.2, 0) is 20.7 Å². The Hall–Kier alpha value is -2.64. The number of carbonyl (C=O) groups is 1. The Labute approximate surface area is 181 Å². The second kappa shape index (κ2) is 10.9. The third kappa shape index (κ3) is 6.43. The van der Waals surface area contributed by atoms with E-state index in [9.17, 15) is 4.79 Å². The zero-order valence-electron chi connectivity index (χ0n) is 17.5. The fraction of sp³-hybridized carbons (Fsp3) is 0.348.